The van der Waals surface area contributed by atoms with Gasteiger partial charge in [0.05, 0.1) is 7.11 Å². The molecule has 4 rings (SSSR count). The van der Waals surface area contributed by atoms with E-state index in [4.69, 9.17) is 30.5 Å². The first-order chi connectivity index (χ1) is 14.6. The smallest absolute Gasteiger partial charge is 0.163 e. The van der Waals surface area contributed by atoms with Crippen LogP contribution < -0.4 is 24.3 Å². The van der Waals surface area contributed by atoms with Crippen LogP contribution in [0.5, 0.6) is 23.0 Å². The number of nitrogens with one attached hydrogen (secondary N) is 1. The molecule has 156 valence electrons. The Labute approximate surface area is 189 Å². The molecule has 0 spiro atoms. The zero-order valence-electron chi connectivity index (χ0n) is 16.4. The molecule has 30 heavy (non-hydrogen) atoms. The summed E-state index contributed by atoms with van der Waals surface area (Å²) in [6.07, 6.45) is 0. The lowest BCUT2D eigenvalue weighted by Gasteiger charge is -2.19. The summed E-state index contributed by atoms with van der Waals surface area (Å²) in [5.41, 5.74) is 3.02. The Bertz CT molecular complexity index is 1030. The molecule has 1 aliphatic rings. The number of halogens is 2. The molecule has 0 aromatic heterocycles. The summed E-state index contributed by atoms with van der Waals surface area (Å²) in [7, 11) is 1.64. The Morgan fingerprint density at radius 2 is 1.73 bits per heavy atom. The highest BCUT2D eigenvalue weighted by molar-refractivity contribution is 9.10. The van der Waals surface area contributed by atoms with Gasteiger partial charge in [0, 0.05) is 27.8 Å². The van der Waals surface area contributed by atoms with Gasteiger partial charge < -0.3 is 24.3 Å². The number of anilines is 1. The second kappa shape index (κ2) is 9.49. The van der Waals surface area contributed by atoms with Crippen molar-refractivity contribution in [1.29, 1.82) is 0 Å². The molecule has 0 amide bonds. The van der Waals surface area contributed by atoms with E-state index in [-0.39, 0.29) is 0 Å². The van der Waals surface area contributed by atoms with Crippen molar-refractivity contribution in [2.75, 3.05) is 25.6 Å². The van der Waals surface area contributed by atoms with Gasteiger partial charge in [-0.2, -0.15) is 0 Å². The third-order valence-electron chi connectivity index (χ3n) is 4.67. The van der Waals surface area contributed by atoms with Gasteiger partial charge in [-0.25, -0.2) is 0 Å². The van der Waals surface area contributed by atoms with E-state index in [1.54, 1.807) is 7.11 Å². The van der Waals surface area contributed by atoms with Crippen LogP contribution in [-0.4, -0.2) is 20.3 Å². The molecule has 0 aliphatic carbocycles. The highest BCUT2D eigenvalue weighted by Gasteiger charge is 2.13. The fourth-order valence-electron chi connectivity index (χ4n) is 3.08. The molecule has 0 radical (unpaired) electrons. The molecule has 0 fully saturated rings. The fraction of sp³-hybridized carbons (Fsp3) is 0.217. The number of hydrogen-bond acceptors (Lipinski definition) is 5. The molecule has 0 bridgehead atoms. The van der Waals surface area contributed by atoms with E-state index in [0.29, 0.717) is 42.9 Å². The van der Waals surface area contributed by atoms with E-state index in [0.717, 1.165) is 32.8 Å². The first kappa shape index (κ1) is 20.7. The zero-order valence-corrected chi connectivity index (χ0v) is 18.8. The van der Waals surface area contributed by atoms with Crippen LogP contribution in [0.4, 0.5) is 5.69 Å². The summed E-state index contributed by atoms with van der Waals surface area (Å²) in [6, 6.07) is 17.3. The molecule has 0 atom stereocenters. The van der Waals surface area contributed by atoms with Gasteiger partial charge in [-0.15, -0.1) is 0 Å². The molecule has 3 aromatic carbocycles. The summed E-state index contributed by atoms with van der Waals surface area (Å²) in [6.45, 7) is 2.18. The Balaban J connectivity index is 1.44. The van der Waals surface area contributed by atoms with Crippen LogP contribution in [0.3, 0.4) is 0 Å². The van der Waals surface area contributed by atoms with E-state index >= 15 is 0 Å². The quantitative estimate of drug-likeness (QED) is 0.435. The van der Waals surface area contributed by atoms with E-state index in [9.17, 15) is 0 Å². The average molecular weight is 491 g/mol. The summed E-state index contributed by atoms with van der Waals surface area (Å²) in [4.78, 5) is 0. The van der Waals surface area contributed by atoms with Crippen LogP contribution in [0.25, 0.3) is 0 Å². The largest absolute Gasteiger partial charge is 0.493 e. The second-order valence-corrected chi connectivity index (χ2v) is 8.01. The molecule has 7 heteroatoms. The van der Waals surface area contributed by atoms with Crippen molar-refractivity contribution in [3.05, 3.63) is 75.2 Å². The minimum Gasteiger partial charge on any atom is -0.493 e. The van der Waals surface area contributed by atoms with Gasteiger partial charge in [-0.3, -0.25) is 0 Å². The molecule has 5 nitrogen and oxygen atoms in total. The van der Waals surface area contributed by atoms with E-state index in [2.05, 4.69) is 21.2 Å². The number of methoxy groups -OCH3 is 1. The van der Waals surface area contributed by atoms with Crippen molar-refractivity contribution in [2.45, 2.75) is 13.2 Å². The molecular weight excluding hydrogens is 470 g/mol. The highest BCUT2D eigenvalue weighted by Crippen LogP contribution is 2.36. The van der Waals surface area contributed by atoms with E-state index < -0.39 is 0 Å². The van der Waals surface area contributed by atoms with Crippen molar-refractivity contribution in [1.82, 2.24) is 0 Å². The summed E-state index contributed by atoms with van der Waals surface area (Å²) in [5, 5.41) is 4.11. The third kappa shape index (κ3) is 4.94. The van der Waals surface area contributed by atoms with Crippen LogP contribution in [0.2, 0.25) is 5.02 Å². The lowest BCUT2D eigenvalue weighted by Crippen LogP contribution is -2.15. The van der Waals surface area contributed by atoms with Gasteiger partial charge >= 0.3 is 0 Å². The molecule has 3 aromatic rings. The van der Waals surface area contributed by atoms with E-state index in [1.807, 2.05) is 54.6 Å². The van der Waals surface area contributed by atoms with Crippen LogP contribution in [-0.2, 0) is 13.2 Å². The van der Waals surface area contributed by atoms with Crippen molar-refractivity contribution in [2.24, 2.45) is 0 Å². The van der Waals surface area contributed by atoms with E-state index in [1.165, 1.54) is 0 Å². The standard InChI is InChI=1S/C23H21BrClNO4/c1-27-21-10-16(13-26-18-6-7-20-22(11-18)29-9-8-28-20)19(24)12-23(21)30-14-15-2-4-17(25)5-3-15/h2-7,10-12,26H,8-9,13-14H2,1H3. The van der Waals surface area contributed by atoms with Gasteiger partial charge in [-0.05, 0) is 47.5 Å². The Hall–Kier alpha value is -2.57. The first-order valence-electron chi connectivity index (χ1n) is 9.49. The number of benzene rings is 3. The van der Waals surface area contributed by atoms with Gasteiger partial charge in [0.2, 0.25) is 0 Å². The average Bonchev–Trinajstić information content (AvgIpc) is 2.78. The molecule has 1 heterocycles. The molecule has 1 N–H and O–H groups in total. The Morgan fingerprint density at radius 1 is 0.967 bits per heavy atom. The van der Waals surface area contributed by atoms with Crippen molar-refractivity contribution in [3.63, 3.8) is 0 Å². The second-order valence-electron chi connectivity index (χ2n) is 6.72. The summed E-state index contributed by atoms with van der Waals surface area (Å²) < 4.78 is 23.7. The normalized spacial score (nSPS) is 12.4. The van der Waals surface area contributed by atoms with Crippen LogP contribution >= 0.6 is 27.5 Å². The van der Waals surface area contributed by atoms with Gasteiger partial charge in [-0.1, -0.05) is 39.7 Å². The minimum absolute atomic E-state index is 0.425. The molecule has 0 saturated heterocycles. The minimum atomic E-state index is 0.425. The third-order valence-corrected chi connectivity index (χ3v) is 5.66. The lowest BCUT2D eigenvalue weighted by atomic mass is 10.2. The first-order valence-corrected chi connectivity index (χ1v) is 10.7. The number of hydrogen-bond donors (Lipinski definition) is 1. The highest BCUT2D eigenvalue weighted by atomic mass is 79.9. The van der Waals surface area contributed by atoms with Gasteiger partial charge in [0.1, 0.15) is 19.8 Å². The predicted octanol–water partition coefficient (Wildman–Crippen LogP) is 6.07. The predicted molar refractivity (Wildman–Crippen MR) is 121 cm³/mol. The van der Waals surface area contributed by atoms with Crippen LogP contribution in [0.15, 0.2) is 59.1 Å². The fourth-order valence-corrected chi connectivity index (χ4v) is 3.67. The van der Waals surface area contributed by atoms with Crippen molar-refractivity contribution < 1.29 is 18.9 Å². The summed E-state index contributed by atoms with van der Waals surface area (Å²) in [5.74, 6) is 2.87. The number of fused-ring (bicyclic) bond motifs is 1. The molecular formula is C23H21BrClNO4. The number of rotatable bonds is 7. The van der Waals surface area contributed by atoms with Gasteiger partial charge in [0.15, 0.2) is 23.0 Å². The maximum atomic E-state index is 5.97. The topological polar surface area (TPSA) is 49.0 Å². The Kier molecular flexibility index (Phi) is 6.55. The molecule has 0 unspecified atom stereocenters. The maximum absolute atomic E-state index is 5.97. The maximum Gasteiger partial charge on any atom is 0.163 e. The molecule has 0 saturated carbocycles. The zero-order chi connectivity index (χ0) is 20.9. The summed E-state index contributed by atoms with van der Waals surface area (Å²) >= 11 is 9.58. The van der Waals surface area contributed by atoms with Crippen LogP contribution in [0.1, 0.15) is 11.1 Å². The monoisotopic (exact) mass is 489 g/mol. The number of ether oxygens (including phenoxy) is 4. The SMILES string of the molecule is COc1cc(CNc2ccc3c(c2)OCCO3)c(Br)cc1OCc1ccc(Cl)cc1. The van der Waals surface area contributed by atoms with Crippen molar-refractivity contribution in [3.8, 4) is 23.0 Å². The Morgan fingerprint density at radius 3 is 2.50 bits per heavy atom. The van der Waals surface area contributed by atoms with Gasteiger partial charge in [0.25, 0.3) is 0 Å². The van der Waals surface area contributed by atoms with Crippen molar-refractivity contribution >= 4 is 33.2 Å². The molecule has 1 aliphatic heterocycles. The lowest BCUT2D eigenvalue weighted by molar-refractivity contribution is 0.171. The van der Waals surface area contributed by atoms with Crippen LogP contribution in [0, 0.1) is 0 Å².